The van der Waals surface area contributed by atoms with Crippen LogP contribution in [0.2, 0.25) is 0 Å². The standard InChI is InChI=1S/C9H13N3O4S2/c1-6-7(9(13)14)8(17-10-6)11-18(15,16)12-4-2-3-5-12/h11H,2-5H2,1H3,(H,13,14). The van der Waals surface area contributed by atoms with Gasteiger partial charge in [-0.25, -0.2) is 4.79 Å². The Labute approximate surface area is 109 Å². The summed E-state index contributed by atoms with van der Waals surface area (Å²) >= 11 is 0.842. The van der Waals surface area contributed by atoms with Crippen molar-refractivity contribution in [2.24, 2.45) is 0 Å². The van der Waals surface area contributed by atoms with Crippen LogP contribution in [0, 0.1) is 6.92 Å². The maximum absolute atomic E-state index is 12.0. The highest BCUT2D eigenvalue weighted by atomic mass is 32.2. The van der Waals surface area contributed by atoms with Crippen molar-refractivity contribution in [2.75, 3.05) is 17.8 Å². The molecule has 2 heterocycles. The molecule has 100 valence electrons. The lowest BCUT2D eigenvalue weighted by Crippen LogP contribution is -2.33. The lowest BCUT2D eigenvalue weighted by molar-refractivity contribution is 0.0697. The summed E-state index contributed by atoms with van der Waals surface area (Å²) in [4.78, 5) is 11.0. The third kappa shape index (κ3) is 2.47. The fraction of sp³-hybridized carbons (Fsp3) is 0.556. The highest BCUT2D eigenvalue weighted by molar-refractivity contribution is 7.90. The van der Waals surface area contributed by atoms with Gasteiger partial charge in [0.15, 0.2) is 0 Å². The number of rotatable bonds is 4. The third-order valence-corrected chi connectivity index (χ3v) is 5.19. The van der Waals surface area contributed by atoms with Crippen molar-refractivity contribution in [1.29, 1.82) is 0 Å². The third-order valence-electron chi connectivity index (χ3n) is 2.70. The van der Waals surface area contributed by atoms with Crippen molar-refractivity contribution < 1.29 is 18.3 Å². The fourth-order valence-electron chi connectivity index (χ4n) is 1.80. The molecule has 1 saturated heterocycles. The quantitative estimate of drug-likeness (QED) is 0.858. The van der Waals surface area contributed by atoms with Gasteiger partial charge in [0.05, 0.1) is 5.69 Å². The summed E-state index contributed by atoms with van der Waals surface area (Å²) in [5, 5.41) is 9.08. The van der Waals surface area contributed by atoms with Crippen molar-refractivity contribution in [1.82, 2.24) is 8.68 Å². The first-order valence-electron chi connectivity index (χ1n) is 5.39. The van der Waals surface area contributed by atoms with E-state index in [1.54, 1.807) is 0 Å². The molecule has 7 nitrogen and oxygen atoms in total. The molecule has 1 aliphatic heterocycles. The first-order valence-corrected chi connectivity index (χ1v) is 7.60. The van der Waals surface area contributed by atoms with Gasteiger partial charge in [0.25, 0.3) is 0 Å². The van der Waals surface area contributed by atoms with E-state index < -0.39 is 16.2 Å². The number of carbonyl (C=O) groups is 1. The number of nitrogens with one attached hydrogen (secondary N) is 1. The number of carboxylic acids is 1. The molecule has 18 heavy (non-hydrogen) atoms. The summed E-state index contributed by atoms with van der Waals surface area (Å²) in [5.41, 5.74) is 0.231. The van der Waals surface area contributed by atoms with E-state index in [2.05, 4.69) is 9.10 Å². The normalized spacial score (nSPS) is 16.9. The summed E-state index contributed by atoms with van der Waals surface area (Å²) in [6, 6.07) is 0. The summed E-state index contributed by atoms with van der Waals surface area (Å²) < 4.78 is 31.5. The molecule has 9 heteroatoms. The van der Waals surface area contributed by atoms with Gasteiger partial charge in [-0.2, -0.15) is 17.1 Å². The average Bonchev–Trinajstić information content (AvgIpc) is 2.87. The minimum atomic E-state index is -3.67. The Balaban J connectivity index is 2.26. The molecule has 1 aliphatic rings. The van der Waals surface area contributed by atoms with Crippen LogP contribution in [-0.4, -0.2) is 41.3 Å². The van der Waals surface area contributed by atoms with E-state index >= 15 is 0 Å². The van der Waals surface area contributed by atoms with Crippen LogP contribution in [0.4, 0.5) is 5.00 Å². The molecule has 2 N–H and O–H groups in total. The molecule has 0 atom stereocenters. The topological polar surface area (TPSA) is 99.6 Å². The molecule has 0 spiro atoms. The van der Waals surface area contributed by atoms with Crippen LogP contribution in [0.15, 0.2) is 0 Å². The number of aryl methyl sites for hydroxylation is 1. The molecule has 0 radical (unpaired) electrons. The molecule has 1 aromatic rings. The molecular weight excluding hydrogens is 278 g/mol. The van der Waals surface area contributed by atoms with Crippen molar-refractivity contribution in [3.05, 3.63) is 11.3 Å². The van der Waals surface area contributed by atoms with Crippen molar-refractivity contribution in [3.63, 3.8) is 0 Å². The van der Waals surface area contributed by atoms with E-state index in [0.29, 0.717) is 18.8 Å². The number of aromatic carboxylic acids is 1. The number of hydrogen-bond acceptors (Lipinski definition) is 5. The maximum Gasteiger partial charge on any atom is 0.340 e. The first-order chi connectivity index (χ1) is 8.42. The molecule has 0 aliphatic carbocycles. The number of hydrogen-bond donors (Lipinski definition) is 2. The lowest BCUT2D eigenvalue weighted by Gasteiger charge is -2.15. The van der Waals surface area contributed by atoms with Gasteiger partial charge in [-0.1, -0.05) is 0 Å². The van der Waals surface area contributed by atoms with Crippen LogP contribution in [-0.2, 0) is 10.2 Å². The van der Waals surface area contributed by atoms with Crippen molar-refractivity contribution >= 4 is 32.7 Å². The minimum absolute atomic E-state index is 0.0619. The highest BCUT2D eigenvalue weighted by Crippen LogP contribution is 2.26. The molecule has 0 saturated carbocycles. The van der Waals surface area contributed by atoms with E-state index in [1.165, 1.54) is 11.2 Å². The second-order valence-electron chi connectivity index (χ2n) is 3.99. The zero-order valence-electron chi connectivity index (χ0n) is 9.71. The zero-order chi connectivity index (χ0) is 13.3. The number of nitrogens with zero attached hydrogens (tertiary/aromatic N) is 2. The maximum atomic E-state index is 12.0. The Morgan fingerprint density at radius 3 is 2.61 bits per heavy atom. The van der Waals surface area contributed by atoms with Crippen LogP contribution < -0.4 is 4.72 Å². The van der Waals surface area contributed by atoms with E-state index in [4.69, 9.17) is 5.11 Å². The second kappa shape index (κ2) is 4.82. The fourth-order valence-corrected chi connectivity index (χ4v) is 4.12. The van der Waals surface area contributed by atoms with Gasteiger partial charge in [-0.15, -0.1) is 0 Å². The van der Waals surface area contributed by atoms with Gasteiger partial charge in [0.1, 0.15) is 10.6 Å². The minimum Gasteiger partial charge on any atom is -0.478 e. The molecule has 1 aromatic heterocycles. The molecule has 0 amide bonds. The molecular formula is C9H13N3O4S2. The Morgan fingerprint density at radius 2 is 2.06 bits per heavy atom. The summed E-state index contributed by atoms with van der Waals surface area (Å²) in [7, 11) is -3.67. The van der Waals surface area contributed by atoms with E-state index in [1.807, 2.05) is 0 Å². The van der Waals surface area contributed by atoms with Gasteiger partial charge in [-0.3, -0.25) is 4.72 Å². The smallest absolute Gasteiger partial charge is 0.340 e. The summed E-state index contributed by atoms with van der Waals surface area (Å²) in [6.07, 6.45) is 1.66. The van der Waals surface area contributed by atoms with Crippen molar-refractivity contribution in [2.45, 2.75) is 19.8 Å². The van der Waals surface area contributed by atoms with Crippen LogP contribution in [0.25, 0.3) is 0 Å². The Hall–Kier alpha value is -1.19. The Morgan fingerprint density at radius 1 is 1.44 bits per heavy atom. The van der Waals surface area contributed by atoms with Crippen LogP contribution >= 0.6 is 11.5 Å². The number of aromatic nitrogens is 1. The first kappa shape index (κ1) is 13.2. The highest BCUT2D eigenvalue weighted by Gasteiger charge is 2.28. The predicted molar refractivity (Wildman–Crippen MR) is 67.2 cm³/mol. The molecule has 1 fully saturated rings. The average molecular weight is 291 g/mol. The molecule has 0 aromatic carbocycles. The zero-order valence-corrected chi connectivity index (χ0v) is 11.3. The Bertz CT molecular complexity index is 560. The SMILES string of the molecule is Cc1nsc(NS(=O)(=O)N2CCCC2)c1C(=O)O. The predicted octanol–water partition coefficient (Wildman–Crippen LogP) is 0.902. The van der Waals surface area contributed by atoms with E-state index in [0.717, 1.165) is 24.4 Å². The van der Waals surface area contributed by atoms with Gasteiger partial charge >= 0.3 is 16.2 Å². The second-order valence-corrected chi connectivity index (χ2v) is 6.43. The molecule has 0 unspecified atom stereocenters. The lowest BCUT2D eigenvalue weighted by atomic mass is 10.2. The van der Waals surface area contributed by atoms with E-state index in [-0.39, 0.29) is 10.6 Å². The largest absolute Gasteiger partial charge is 0.478 e. The number of anilines is 1. The van der Waals surface area contributed by atoms with Gasteiger partial charge < -0.3 is 5.11 Å². The van der Waals surface area contributed by atoms with E-state index in [9.17, 15) is 13.2 Å². The molecule has 2 rings (SSSR count). The van der Waals surface area contributed by atoms with Gasteiger partial charge in [0, 0.05) is 13.1 Å². The Kier molecular flexibility index (Phi) is 3.55. The number of carboxylic acid groups (broad SMARTS) is 1. The van der Waals surface area contributed by atoms with Gasteiger partial charge in [0.2, 0.25) is 0 Å². The summed E-state index contributed by atoms with van der Waals surface area (Å²) in [6.45, 7) is 2.47. The van der Waals surface area contributed by atoms with Crippen LogP contribution in [0.3, 0.4) is 0 Å². The monoisotopic (exact) mass is 291 g/mol. The van der Waals surface area contributed by atoms with Crippen LogP contribution in [0.5, 0.6) is 0 Å². The molecule has 0 bridgehead atoms. The summed E-state index contributed by atoms with van der Waals surface area (Å²) in [5.74, 6) is -1.18. The van der Waals surface area contributed by atoms with Crippen molar-refractivity contribution in [3.8, 4) is 0 Å². The van der Waals surface area contributed by atoms with Gasteiger partial charge in [-0.05, 0) is 31.3 Å². The van der Waals surface area contributed by atoms with Crippen LogP contribution in [0.1, 0.15) is 28.9 Å².